The number of anilines is 2. The van der Waals surface area contributed by atoms with Crippen LogP contribution < -0.4 is 10.0 Å². The van der Waals surface area contributed by atoms with Gasteiger partial charge in [0.05, 0.1) is 17.2 Å². The zero-order chi connectivity index (χ0) is 19.3. The van der Waals surface area contributed by atoms with E-state index in [4.69, 9.17) is 4.74 Å². The van der Waals surface area contributed by atoms with Gasteiger partial charge >= 0.3 is 0 Å². The van der Waals surface area contributed by atoms with Crippen LogP contribution in [0.15, 0.2) is 64.9 Å². The van der Waals surface area contributed by atoms with Gasteiger partial charge in [0.25, 0.3) is 15.9 Å². The van der Waals surface area contributed by atoms with Gasteiger partial charge in [0, 0.05) is 18.2 Å². The fourth-order valence-electron chi connectivity index (χ4n) is 2.27. The first kappa shape index (κ1) is 19.0. The van der Waals surface area contributed by atoms with E-state index in [1.165, 1.54) is 23.5 Å². The van der Waals surface area contributed by atoms with Crippen molar-refractivity contribution in [3.05, 3.63) is 70.7 Å². The summed E-state index contributed by atoms with van der Waals surface area (Å²) in [5.41, 5.74) is 1.08. The molecule has 9 heteroatoms. The molecular weight excluding hydrogens is 386 g/mol. The molecule has 3 rings (SSSR count). The fourth-order valence-corrected chi connectivity index (χ4v) is 4.09. The van der Waals surface area contributed by atoms with Crippen LogP contribution in [0.4, 0.5) is 11.4 Å². The van der Waals surface area contributed by atoms with Crippen molar-refractivity contribution < 1.29 is 17.9 Å². The Morgan fingerprint density at radius 3 is 2.59 bits per heavy atom. The fraction of sp³-hybridized carbons (Fsp3) is 0.111. The van der Waals surface area contributed by atoms with Gasteiger partial charge in [-0.05, 0) is 30.3 Å². The lowest BCUT2D eigenvalue weighted by molar-refractivity contribution is 0.102. The molecule has 0 saturated carbocycles. The van der Waals surface area contributed by atoms with Gasteiger partial charge in [0.1, 0.15) is 10.7 Å². The quantitative estimate of drug-likeness (QED) is 0.631. The number of thiazole rings is 1. The van der Waals surface area contributed by atoms with Crippen molar-refractivity contribution in [1.29, 1.82) is 0 Å². The van der Waals surface area contributed by atoms with E-state index < -0.39 is 10.0 Å². The predicted octanol–water partition coefficient (Wildman–Crippen LogP) is 3.34. The zero-order valence-electron chi connectivity index (χ0n) is 14.4. The van der Waals surface area contributed by atoms with E-state index in [2.05, 4.69) is 15.0 Å². The molecule has 0 atom stereocenters. The highest BCUT2D eigenvalue weighted by Gasteiger charge is 2.15. The summed E-state index contributed by atoms with van der Waals surface area (Å²) in [6.45, 7) is 0.342. The molecule has 0 radical (unpaired) electrons. The minimum atomic E-state index is -3.70. The maximum absolute atomic E-state index is 12.4. The van der Waals surface area contributed by atoms with Crippen molar-refractivity contribution in [1.82, 2.24) is 4.98 Å². The van der Waals surface area contributed by atoms with E-state index in [9.17, 15) is 13.2 Å². The molecule has 27 heavy (non-hydrogen) atoms. The number of amides is 1. The van der Waals surface area contributed by atoms with Crippen LogP contribution in [0.3, 0.4) is 0 Å². The smallest absolute Gasteiger partial charge is 0.275 e. The van der Waals surface area contributed by atoms with Gasteiger partial charge in [-0.2, -0.15) is 0 Å². The number of nitrogens with zero attached hydrogens (tertiary/aromatic N) is 1. The molecule has 0 fully saturated rings. The van der Waals surface area contributed by atoms with Crippen molar-refractivity contribution in [3.8, 4) is 0 Å². The second kappa shape index (κ2) is 8.30. The van der Waals surface area contributed by atoms with E-state index in [1.807, 2.05) is 0 Å². The maximum Gasteiger partial charge on any atom is 0.275 e. The predicted molar refractivity (Wildman–Crippen MR) is 104 cm³/mol. The molecule has 0 aliphatic rings. The Bertz CT molecular complexity index is 1030. The van der Waals surface area contributed by atoms with E-state index in [0.29, 0.717) is 23.0 Å². The summed E-state index contributed by atoms with van der Waals surface area (Å²) >= 11 is 1.33. The monoisotopic (exact) mass is 403 g/mol. The molecule has 0 bridgehead atoms. The van der Waals surface area contributed by atoms with E-state index in [0.717, 1.165) is 0 Å². The Balaban J connectivity index is 1.72. The number of hydrogen-bond donors (Lipinski definition) is 2. The van der Waals surface area contributed by atoms with Crippen LogP contribution in [-0.2, 0) is 21.4 Å². The third-order valence-electron chi connectivity index (χ3n) is 3.48. The van der Waals surface area contributed by atoms with Crippen LogP contribution in [0.25, 0.3) is 0 Å². The average molecular weight is 403 g/mol. The van der Waals surface area contributed by atoms with Crippen molar-refractivity contribution in [2.24, 2.45) is 0 Å². The van der Waals surface area contributed by atoms with Crippen molar-refractivity contribution in [2.75, 3.05) is 17.1 Å². The summed E-state index contributed by atoms with van der Waals surface area (Å²) in [5, 5.41) is 5.05. The van der Waals surface area contributed by atoms with E-state index in [1.54, 1.807) is 55.0 Å². The number of carbonyl (C=O) groups is 1. The molecule has 140 valence electrons. The number of nitrogens with one attached hydrogen (secondary N) is 2. The first-order chi connectivity index (χ1) is 13.0. The number of aromatic nitrogens is 1. The van der Waals surface area contributed by atoms with Gasteiger partial charge in [-0.1, -0.05) is 24.3 Å². The molecule has 0 saturated heterocycles. The summed E-state index contributed by atoms with van der Waals surface area (Å²) in [4.78, 5) is 16.7. The summed E-state index contributed by atoms with van der Waals surface area (Å²) < 4.78 is 32.3. The standard InChI is InChI=1S/C18H17N3O4S2/c1-25-11-17-20-16(12-26-17)18(22)19-13-6-5-7-14(10-13)21-27(23,24)15-8-3-2-4-9-15/h2-10,12,21H,11H2,1H3,(H,19,22). The van der Waals surface area contributed by atoms with Crippen LogP contribution in [0.2, 0.25) is 0 Å². The van der Waals surface area contributed by atoms with E-state index >= 15 is 0 Å². The molecule has 1 heterocycles. The van der Waals surface area contributed by atoms with Gasteiger partial charge in [-0.15, -0.1) is 11.3 Å². The van der Waals surface area contributed by atoms with Gasteiger partial charge in [-0.3, -0.25) is 9.52 Å². The average Bonchev–Trinajstić information content (AvgIpc) is 3.12. The molecule has 2 aromatic carbocycles. The molecule has 7 nitrogen and oxygen atoms in total. The van der Waals surface area contributed by atoms with E-state index in [-0.39, 0.29) is 16.5 Å². The zero-order valence-corrected chi connectivity index (χ0v) is 16.0. The van der Waals surface area contributed by atoms with Crippen molar-refractivity contribution in [2.45, 2.75) is 11.5 Å². The molecule has 1 amide bonds. The summed E-state index contributed by atoms with van der Waals surface area (Å²) in [6, 6.07) is 14.5. The number of methoxy groups -OCH3 is 1. The van der Waals surface area contributed by atoms with Gasteiger partial charge in [0.15, 0.2) is 0 Å². The van der Waals surface area contributed by atoms with Crippen LogP contribution in [0.1, 0.15) is 15.5 Å². The lowest BCUT2D eigenvalue weighted by Crippen LogP contribution is -2.14. The molecule has 0 unspecified atom stereocenters. The number of rotatable bonds is 7. The van der Waals surface area contributed by atoms with Gasteiger partial charge < -0.3 is 10.1 Å². The Kier molecular flexibility index (Phi) is 5.84. The summed E-state index contributed by atoms with van der Waals surface area (Å²) in [7, 11) is -2.14. The topological polar surface area (TPSA) is 97.4 Å². The highest BCUT2D eigenvalue weighted by atomic mass is 32.2. The Morgan fingerprint density at radius 1 is 1.11 bits per heavy atom. The molecule has 0 aliphatic heterocycles. The number of hydrogen-bond acceptors (Lipinski definition) is 6. The van der Waals surface area contributed by atoms with Crippen LogP contribution in [0.5, 0.6) is 0 Å². The third-order valence-corrected chi connectivity index (χ3v) is 5.70. The number of carbonyl (C=O) groups excluding carboxylic acids is 1. The Morgan fingerprint density at radius 2 is 1.85 bits per heavy atom. The number of ether oxygens (including phenoxy) is 1. The molecule has 0 spiro atoms. The lowest BCUT2D eigenvalue weighted by Gasteiger charge is -2.10. The van der Waals surface area contributed by atoms with Crippen LogP contribution in [0, 0.1) is 0 Å². The van der Waals surface area contributed by atoms with Gasteiger partial charge in [0.2, 0.25) is 0 Å². The SMILES string of the molecule is COCc1nc(C(=O)Nc2cccc(NS(=O)(=O)c3ccccc3)c2)cs1. The highest BCUT2D eigenvalue weighted by molar-refractivity contribution is 7.92. The lowest BCUT2D eigenvalue weighted by atomic mass is 10.3. The minimum Gasteiger partial charge on any atom is -0.378 e. The van der Waals surface area contributed by atoms with Crippen LogP contribution in [-0.4, -0.2) is 26.4 Å². The molecular formula is C18H17N3O4S2. The van der Waals surface area contributed by atoms with Gasteiger partial charge in [-0.25, -0.2) is 13.4 Å². The van der Waals surface area contributed by atoms with Crippen molar-refractivity contribution in [3.63, 3.8) is 0 Å². The van der Waals surface area contributed by atoms with Crippen LogP contribution >= 0.6 is 11.3 Å². The molecule has 2 N–H and O–H groups in total. The highest BCUT2D eigenvalue weighted by Crippen LogP contribution is 2.20. The Labute approximate surface area is 161 Å². The molecule has 1 aromatic heterocycles. The third kappa shape index (κ3) is 4.91. The Hall–Kier alpha value is -2.75. The molecule has 0 aliphatic carbocycles. The number of benzene rings is 2. The molecule has 3 aromatic rings. The first-order valence-corrected chi connectivity index (χ1v) is 10.3. The van der Waals surface area contributed by atoms with Crippen molar-refractivity contribution >= 4 is 38.6 Å². The largest absolute Gasteiger partial charge is 0.378 e. The second-order valence-corrected chi connectivity index (χ2v) is 8.14. The maximum atomic E-state index is 12.4. The minimum absolute atomic E-state index is 0.160. The first-order valence-electron chi connectivity index (χ1n) is 7.90. The normalized spacial score (nSPS) is 11.1. The summed E-state index contributed by atoms with van der Waals surface area (Å²) in [6.07, 6.45) is 0. The summed E-state index contributed by atoms with van der Waals surface area (Å²) in [5.74, 6) is -0.378. The number of sulfonamides is 1. The second-order valence-electron chi connectivity index (χ2n) is 5.51.